The third-order valence-electron chi connectivity index (χ3n) is 5.29. The van der Waals surface area contributed by atoms with E-state index in [4.69, 9.17) is 0 Å². The molecule has 2 fully saturated rings. The summed E-state index contributed by atoms with van der Waals surface area (Å²) < 4.78 is 0. The highest BCUT2D eigenvalue weighted by molar-refractivity contribution is 5.91. The lowest BCUT2D eigenvalue weighted by molar-refractivity contribution is 0.261. The number of fused-ring (bicyclic) bond motifs is 1. The molecule has 0 spiro atoms. The normalized spacial score (nSPS) is 24.5. The molecule has 3 heterocycles. The predicted octanol–water partition coefficient (Wildman–Crippen LogP) is 2.98. The number of anilines is 1. The van der Waals surface area contributed by atoms with E-state index in [9.17, 15) is 0 Å². The van der Waals surface area contributed by atoms with Gasteiger partial charge < -0.3 is 15.2 Å². The highest BCUT2D eigenvalue weighted by Crippen LogP contribution is 2.44. The van der Waals surface area contributed by atoms with Gasteiger partial charge in [0.25, 0.3) is 0 Å². The number of aromatic amines is 1. The standard InChI is InChI=1S/C17H25N5/c1-11(12-5-6-12)14-8-18-16-15(14)17(20-10-19-16)21-13-4-3-7-22(2)9-13/h8,10-13H,3-7,9H2,1-2H3,(H2,18,19,20,21). The molecule has 0 aromatic carbocycles. The molecule has 2 unspecified atom stereocenters. The Hall–Kier alpha value is -1.62. The van der Waals surface area contributed by atoms with Gasteiger partial charge in [-0.25, -0.2) is 9.97 Å². The Bertz CT molecular complexity index is 660. The number of hydrogen-bond donors (Lipinski definition) is 2. The second kappa shape index (κ2) is 5.54. The molecule has 5 nitrogen and oxygen atoms in total. The van der Waals surface area contributed by atoms with Crippen LogP contribution in [0.1, 0.15) is 44.1 Å². The van der Waals surface area contributed by atoms with Crippen molar-refractivity contribution in [1.29, 1.82) is 0 Å². The first kappa shape index (κ1) is 14.0. The summed E-state index contributed by atoms with van der Waals surface area (Å²) in [6.07, 6.45) is 8.99. The first-order valence-electron chi connectivity index (χ1n) is 8.49. The Morgan fingerprint density at radius 1 is 1.32 bits per heavy atom. The van der Waals surface area contributed by atoms with Gasteiger partial charge in [0.1, 0.15) is 17.8 Å². The summed E-state index contributed by atoms with van der Waals surface area (Å²) >= 11 is 0. The van der Waals surface area contributed by atoms with Crippen LogP contribution in [0.2, 0.25) is 0 Å². The molecule has 5 heteroatoms. The summed E-state index contributed by atoms with van der Waals surface area (Å²) in [5.41, 5.74) is 2.34. The maximum atomic E-state index is 4.56. The van der Waals surface area contributed by atoms with Gasteiger partial charge in [0.2, 0.25) is 0 Å². The molecule has 22 heavy (non-hydrogen) atoms. The number of hydrogen-bond acceptors (Lipinski definition) is 4. The molecule has 0 amide bonds. The molecule has 118 valence electrons. The lowest BCUT2D eigenvalue weighted by Crippen LogP contribution is -2.39. The van der Waals surface area contributed by atoms with E-state index in [1.54, 1.807) is 6.33 Å². The van der Waals surface area contributed by atoms with Crippen LogP contribution in [0.15, 0.2) is 12.5 Å². The number of piperidine rings is 1. The summed E-state index contributed by atoms with van der Waals surface area (Å²) in [5.74, 6) is 2.44. The van der Waals surface area contributed by atoms with Gasteiger partial charge in [-0.15, -0.1) is 0 Å². The number of rotatable bonds is 4. The molecule has 2 aliphatic rings. The van der Waals surface area contributed by atoms with Gasteiger partial charge in [-0.2, -0.15) is 0 Å². The summed E-state index contributed by atoms with van der Waals surface area (Å²) in [6.45, 7) is 4.63. The van der Waals surface area contributed by atoms with E-state index in [-0.39, 0.29) is 0 Å². The second-order valence-corrected chi connectivity index (χ2v) is 7.06. The Balaban J connectivity index is 1.65. The molecular formula is C17H25N5. The number of H-pyrrole nitrogens is 1. The molecular weight excluding hydrogens is 274 g/mol. The fraction of sp³-hybridized carbons (Fsp3) is 0.647. The number of likely N-dealkylation sites (N-methyl/N-ethyl adjacent to an activating group) is 1. The highest BCUT2D eigenvalue weighted by Gasteiger charge is 2.31. The van der Waals surface area contributed by atoms with Crippen molar-refractivity contribution in [3.05, 3.63) is 18.1 Å². The van der Waals surface area contributed by atoms with E-state index in [1.165, 1.54) is 43.2 Å². The predicted molar refractivity (Wildman–Crippen MR) is 89.2 cm³/mol. The second-order valence-electron chi connectivity index (χ2n) is 7.06. The lowest BCUT2D eigenvalue weighted by Gasteiger charge is -2.30. The van der Waals surface area contributed by atoms with Crippen LogP contribution in [0.5, 0.6) is 0 Å². The van der Waals surface area contributed by atoms with E-state index < -0.39 is 0 Å². The molecule has 1 aliphatic carbocycles. The fourth-order valence-corrected chi connectivity index (χ4v) is 3.78. The summed E-state index contributed by atoms with van der Waals surface area (Å²) in [7, 11) is 2.19. The van der Waals surface area contributed by atoms with Crippen LogP contribution in [0.25, 0.3) is 11.0 Å². The summed E-state index contributed by atoms with van der Waals surface area (Å²) in [4.78, 5) is 14.7. The van der Waals surface area contributed by atoms with Gasteiger partial charge in [-0.3, -0.25) is 0 Å². The summed E-state index contributed by atoms with van der Waals surface area (Å²) in [6, 6.07) is 0.482. The van der Waals surface area contributed by atoms with Gasteiger partial charge in [0.15, 0.2) is 0 Å². The van der Waals surface area contributed by atoms with Crippen molar-refractivity contribution < 1.29 is 0 Å². The van der Waals surface area contributed by atoms with Gasteiger partial charge in [-0.05, 0) is 56.7 Å². The Morgan fingerprint density at radius 3 is 2.95 bits per heavy atom. The molecule has 2 aromatic heterocycles. The van der Waals surface area contributed by atoms with Crippen molar-refractivity contribution in [1.82, 2.24) is 19.9 Å². The zero-order chi connectivity index (χ0) is 15.1. The Kier molecular flexibility index (Phi) is 3.53. The fourth-order valence-electron chi connectivity index (χ4n) is 3.78. The van der Waals surface area contributed by atoms with E-state index in [2.05, 4.69) is 45.3 Å². The molecule has 2 aromatic rings. The third-order valence-corrected chi connectivity index (χ3v) is 5.29. The van der Waals surface area contributed by atoms with Crippen LogP contribution < -0.4 is 5.32 Å². The van der Waals surface area contributed by atoms with Gasteiger partial charge in [0, 0.05) is 18.8 Å². The minimum absolute atomic E-state index is 0.482. The van der Waals surface area contributed by atoms with Crippen LogP contribution in [0.4, 0.5) is 5.82 Å². The zero-order valence-corrected chi connectivity index (χ0v) is 13.5. The van der Waals surface area contributed by atoms with Crippen molar-refractivity contribution in [2.24, 2.45) is 5.92 Å². The van der Waals surface area contributed by atoms with E-state index in [1.807, 2.05) is 0 Å². The van der Waals surface area contributed by atoms with Gasteiger partial charge in [-0.1, -0.05) is 6.92 Å². The first-order valence-corrected chi connectivity index (χ1v) is 8.49. The minimum Gasteiger partial charge on any atom is -0.365 e. The monoisotopic (exact) mass is 299 g/mol. The lowest BCUT2D eigenvalue weighted by atomic mass is 9.96. The third kappa shape index (κ3) is 2.58. The highest BCUT2D eigenvalue weighted by atomic mass is 15.2. The van der Waals surface area contributed by atoms with Crippen LogP contribution >= 0.6 is 0 Å². The van der Waals surface area contributed by atoms with Crippen LogP contribution in [0.3, 0.4) is 0 Å². The van der Waals surface area contributed by atoms with E-state index in [0.29, 0.717) is 12.0 Å². The quantitative estimate of drug-likeness (QED) is 0.911. The molecule has 2 atom stereocenters. The maximum absolute atomic E-state index is 4.56. The topological polar surface area (TPSA) is 56.8 Å². The molecule has 1 saturated carbocycles. The molecule has 1 saturated heterocycles. The van der Waals surface area contributed by atoms with Crippen LogP contribution in [-0.4, -0.2) is 46.0 Å². The van der Waals surface area contributed by atoms with Crippen molar-refractivity contribution in [2.75, 3.05) is 25.5 Å². The van der Waals surface area contributed by atoms with Gasteiger partial charge in [0.05, 0.1) is 5.39 Å². The number of nitrogens with one attached hydrogen (secondary N) is 2. The van der Waals surface area contributed by atoms with Crippen molar-refractivity contribution in [2.45, 2.75) is 44.6 Å². The van der Waals surface area contributed by atoms with E-state index >= 15 is 0 Å². The first-order chi connectivity index (χ1) is 10.7. The molecule has 0 radical (unpaired) electrons. The minimum atomic E-state index is 0.482. The average Bonchev–Trinajstić information content (AvgIpc) is 3.26. The largest absolute Gasteiger partial charge is 0.365 e. The number of aromatic nitrogens is 3. The number of nitrogens with zero attached hydrogens (tertiary/aromatic N) is 3. The van der Waals surface area contributed by atoms with E-state index in [0.717, 1.165) is 23.9 Å². The van der Waals surface area contributed by atoms with Gasteiger partial charge >= 0.3 is 0 Å². The van der Waals surface area contributed by atoms with Crippen molar-refractivity contribution in [3.8, 4) is 0 Å². The van der Waals surface area contributed by atoms with Crippen molar-refractivity contribution >= 4 is 16.9 Å². The zero-order valence-electron chi connectivity index (χ0n) is 13.5. The van der Waals surface area contributed by atoms with Crippen LogP contribution in [-0.2, 0) is 0 Å². The molecule has 4 rings (SSSR count). The smallest absolute Gasteiger partial charge is 0.143 e. The molecule has 2 N–H and O–H groups in total. The van der Waals surface area contributed by atoms with Crippen LogP contribution in [0, 0.1) is 5.92 Å². The SMILES string of the molecule is CC(c1c[nH]c2ncnc(NC3CCCN(C)C3)c12)C1CC1. The average molecular weight is 299 g/mol. The number of likely N-dealkylation sites (tertiary alicyclic amines) is 1. The summed E-state index contributed by atoms with van der Waals surface area (Å²) in [5, 5.41) is 4.89. The molecule has 0 bridgehead atoms. The Morgan fingerprint density at radius 2 is 2.18 bits per heavy atom. The maximum Gasteiger partial charge on any atom is 0.143 e. The Labute approximate surface area is 131 Å². The molecule has 1 aliphatic heterocycles. The van der Waals surface area contributed by atoms with Crippen molar-refractivity contribution in [3.63, 3.8) is 0 Å².